The molecule has 0 bridgehead atoms. The first-order chi connectivity index (χ1) is 10.9. The summed E-state index contributed by atoms with van der Waals surface area (Å²) < 4.78 is 29.9. The van der Waals surface area contributed by atoms with Crippen LogP contribution in [0.1, 0.15) is 12.0 Å². The lowest BCUT2D eigenvalue weighted by Gasteiger charge is -2.35. The van der Waals surface area contributed by atoms with Gasteiger partial charge in [0, 0.05) is 0 Å². The molecular formula is C14H25O5Si4. The van der Waals surface area contributed by atoms with Crippen LogP contribution in [-0.2, 0) is 16.5 Å². The van der Waals surface area contributed by atoms with Crippen LogP contribution in [0.15, 0.2) is 24.3 Å². The highest BCUT2D eigenvalue weighted by molar-refractivity contribution is 6.81. The van der Waals surface area contributed by atoms with E-state index in [0.717, 1.165) is 18.2 Å². The first-order valence-electron chi connectivity index (χ1n) is 7.80. The molecule has 23 heavy (non-hydrogen) atoms. The van der Waals surface area contributed by atoms with E-state index in [2.05, 4.69) is 25.6 Å². The molecule has 0 amide bonds. The highest BCUT2D eigenvalue weighted by Gasteiger charge is 2.40. The largest absolute Gasteiger partial charge is 0.494 e. The third-order valence-electron chi connectivity index (χ3n) is 3.36. The van der Waals surface area contributed by atoms with E-state index in [1.807, 2.05) is 31.8 Å². The van der Waals surface area contributed by atoms with Gasteiger partial charge in [0.1, 0.15) is 5.75 Å². The molecule has 9 heteroatoms. The molecule has 0 atom stereocenters. The molecule has 3 radical (unpaired) electrons. The van der Waals surface area contributed by atoms with Gasteiger partial charge in [-0.2, -0.15) is 0 Å². The van der Waals surface area contributed by atoms with E-state index >= 15 is 0 Å². The Labute approximate surface area is 145 Å². The molecule has 1 fully saturated rings. The molecular weight excluding hydrogens is 360 g/mol. The van der Waals surface area contributed by atoms with Crippen molar-refractivity contribution in [2.24, 2.45) is 0 Å². The lowest BCUT2D eigenvalue weighted by Crippen LogP contribution is -2.53. The average Bonchev–Trinajstić information content (AvgIpc) is 2.43. The number of rotatable bonds is 5. The van der Waals surface area contributed by atoms with Crippen molar-refractivity contribution in [3.05, 3.63) is 29.8 Å². The normalized spacial score (nSPS) is 20.9. The molecule has 0 aliphatic carbocycles. The summed E-state index contributed by atoms with van der Waals surface area (Å²) in [5, 5.41) is 0. The Morgan fingerprint density at radius 1 is 0.957 bits per heavy atom. The summed E-state index contributed by atoms with van der Waals surface area (Å²) in [6.07, 6.45) is 0.908. The van der Waals surface area contributed by atoms with Crippen LogP contribution in [0.5, 0.6) is 5.75 Å². The van der Waals surface area contributed by atoms with Gasteiger partial charge in [-0.1, -0.05) is 17.7 Å². The number of aryl methyl sites for hydroxylation is 1. The molecule has 1 aliphatic rings. The summed E-state index contributed by atoms with van der Waals surface area (Å²) >= 11 is 0. The van der Waals surface area contributed by atoms with Gasteiger partial charge in [-0.25, -0.2) is 0 Å². The van der Waals surface area contributed by atoms with Crippen LogP contribution >= 0.6 is 0 Å². The minimum Gasteiger partial charge on any atom is -0.494 e. The first-order valence-corrected chi connectivity index (χ1v) is 15.8. The molecule has 0 unspecified atom stereocenters. The molecule has 127 valence electrons. The topological polar surface area (TPSA) is 46.2 Å². The molecule has 1 aliphatic heterocycles. The van der Waals surface area contributed by atoms with E-state index < -0.39 is 36.4 Å². The lowest BCUT2D eigenvalue weighted by atomic mass is 10.2. The fourth-order valence-electron chi connectivity index (χ4n) is 2.42. The lowest BCUT2D eigenvalue weighted by molar-refractivity contribution is 0.266. The Morgan fingerprint density at radius 2 is 1.52 bits per heavy atom. The third kappa shape index (κ3) is 6.62. The number of benzene rings is 1. The summed E-state index contributed by atoms with van der Waals surface area (Å²) in [7, 11) is -6.05. The first kappa shape index (κ1) is 19.1. The molecule has 1 heterocycles. The smallest absolute Gasteiger partial charge is 0.362 e. The molecule has 5 nitrogen and oxygen atoms in total. The van der Waals surface area contributed by atoms with Crippen LogP contribution in [0.2, 0.25) is 32.2 Å². The Hall–Kier alpha value is -0.272. The molecule has 2 rings (SSSR count). The summed E-state index contributed by atoms with van der Waals surface area (Å²) in [6.45, 7) is 10.9. The second-order valence-electron chi connectivity index (χ2n) is 5.78. The van der Waals surface area contributed by atoms with Gasteiger partial charge in [0.2, 0.25) is 0 Å². The van der Waals surface area contributed by atoms with Gasteiger partial charge in [-0.15, -0.1) is 0 Å². The fourth-order valence-corrected chi connectivity index (χ4v) is 14.3. The zero-order valence-corrected chi connectivity index (χ0v) is 18.5. The zero-order valence-electron chi connectivity index (χ0n) is 14.5. The maximum Gasteiger partial charge on any atom is 0.362 e. The molecule has 1 aromatic rings. The number of hydrogen-bond donors (Lipinski definition) is 0. The van der Waals surface area contributed by atoms with Crippen molar-refractivity contribution in [1.29, 1.82) is 0 Å². The van der Waals surface area contributed by atoms with E-state index in [-0.39, 0.29) is 0 Å². The van der Waals surface area contributed by atoms with Crippen molar-refractivity contribution in [2.75, 3.05) is 6.61 Å². The third-order valence-corrected chi connectivity index (χ3v) is 15.0. The highest BCUT2D eigenvalue weighted by atomic mass is 28.5. The van der Waals surface area contributed by atoms with E-state index in [1.165, 1.54) is 5.56 Å². The van der Waals surface area contributed by atoms with Crippen LogP contribution in [-0.4, -0.2) is 43.0 Å². The van der Waals surface area contributed by atoms with E-state index in [9.17, 15) is 0 Å². The predicted octanol–water partition coefficient (Wildman–Crippen LogP) is 3.27. The quantitative estimate of drug-likeness (QED) is 0.575. The second kappa shape index (κ2) is 8.72. The monoisotopic (exact) mass is 385 g/mol. The Kier molecular flexibility index (Phi) is 7.22. The maximum atomic E-state index is 6.20. The van der Waals surface area contributed by atoms with Gasteiger partial charge in [0.25, 0.3) is 0 Å². The highest BCUT2D eigenvalue weighted by Crippen LogP contribution is 2.22. The van der Waals surface area contributed by atoms with Gasteiger partial charge >= 0.3 is 36.4 Å². The average molecular weight is 386 g/mol. The minimum atomic E-state index is -2.25. The summed E-state index contributed by atoms with van der Waals surface area (Å²) in [5.74, 6) is 0.910. The Balaban J connectivity index is 1.81. The van der Waals surface area contributed by atoms with Crippen molar-refractivity contribution in [2.45, 2.75) is 45.6 Å². The van der Waals surface area contributed by atoms with Gasteiger partial charge in [-0.3, -0.25) is 0 Å². The van der Waals surface area contributed by atoms with Gasteiger partial charge in [-0.05, 0) is 57.7 Å². The second-order valence-corrected chi connectivity index (χ2v) is 14.8. The van der Waals surface area contributed by atoms with Crippen molar-refractivity contribution < 1.29 is 21.2 Å². The van der Waals surface area contributed by atoms with Gasteiger partial charge in [0.15, 0.2) is 0 Å². The molecule has 0 N–H and O–H groups in total. The SMILES string of the molecule is Cc1ccc(OCCC[Si]2(C)O[Si](C)O[Si](C)O[Si](C)O2)cc1. The Bertz CT molecular complexity index is 473. The van der Waals surface area contributed by atoms with Gasteiger partial charge in [0.05, 0.1) is 6.61 Å². The summed E-state index contributed by atoms with van der Waals surface area (Å²) in [6, 6.07) is 9.01. The van der Waals surface area contributed by atoms with Crippen LogP contribution in [0.25, 0.3) is 0 Å². The van der Waals surface area contributed by atoms with Crippen molar-refractivity contribution in [3.8, 4) is 5.75 Å². The maximum absolute atomic E-state index is 6.20. The fraction of sp³-hybridized carbons (Fsp3) is 0.571. The number of ether oxygens (including phenoxy) is 1. The number of hydrogen-bond acceptors (Lipinski definition) is 5. The van der Waals surface area contributed by atoms with Crippen LogP contribution in [0.4, 0.5) is 0 Å². The van der Waals surface area contributed by atoms with Gasteiger partial charge < -0.3 is 21.2 Å². The van der Waals surface area contributed by atoms with E-state index in [0.29, 0.717) is 6.61 Å². The van der Waals surface area contributed by atoms with Crippen LogP contribution < -0.4 is 4.74 Å². The minimum absolute atomic E-state index is 0.667. The van der Waals surface area contributed by atoms with Crippen molar-refractivity contribution >= 4 is 36.4 Å². The standard InChI is InChI=1S/C14H25O5Si4/c1-13-7-9-14(10-8-13)15-11-6-12-23(5)18-21(3)16-20(2)17-22(4)19-23/h7-10H,6,11-12H2,1-5H3. The summed E-state index contributed by atoms with van der Waals surface area (Å²) in [5.41, 5.74) is 1.24. The zero-order chi connectivity index (χ0) is 16.9. The predicted molar refractivity (Wildman–Crippen MR) is 96.9 cm³/mol. The molecule has 1 aromatic carbocycles. The Morgan fingerprint density at radius 3 is 2.09 bits per heavy atom. The molecule has 1 saturated heterocycles. The van der Waals surface area contributed by atoms with Crippen LogP contribution in [0, 0.1) is 6.92 Å². The molecule has 0 aromatic heterocycles. The molecule has 0 spiro atoms. The van der Waals surface area contributed by atoms with Crippen LogP contribution in [0.3, 0.4) is 0 Å². The van der Waals surface area contributed by atoms with E-state index in [1.54, 1.807) is 0 Å². The molecule has 0 saturated carbocycles. The summed E-state index contributed by atoms with van der Waals surface area (Å²) in [4.78, 5) is 0. The van der Waals surface area contributed by atoms with Crippen molar-refractivity contribution in [1.82, 2.24) is 0 Å². The van der Waals surface area contributed by atoms with Crippen molar-refractivity contribution in [3.63, 3.8) is 0 Å². The van der Waals surface area contributed by atoms with E-state index in [4.69, 9.17) is 21.2 Å².